The molecular formula is C16H24N2O. The predicted octanol–water partition coefficient (Wildman–Crippen LogP) is 2.04. The van der Waals surface area contributed by atoms with E-state index in [1.807, 2.05) is 0 Å². The molecule has 1 aliphatic rings. The summed E-state index contributed by atoms with van der Waals surface area (Å²) in [6, 6.07) is 8.51. The molecule has 2 N–H and O–H groups in total. The topological polar surface area (TPSA) is 41.1 Å². The zero-order valence-electron chi connectivity index (χ0n) is 11.7. The molecule has 0 aliphatic carbocycles. The van der Waals surface area contributed by atoms with Crippen LogP contribution in [-0.2, 0) is 11.2 Å². The Balaban J connectivity index is 1.60. The van der Waals surface area contributed by atoms with Gasteiger partial charge in [0, 0.05) is 13.0 Å². The molecule has 0 bridgehead atoms. The molecule has 0 aromatic heterocycles. The molecule has 0 radical (unpaired) electrons. The third-order valence-corrected chi connectivity index (χ3v) is 3.70. The third-order valence-electron chi connectivity index (χ3n) is 3.70. The second kappa shape index (κ2) is 7.29. The lowest BCUT2D eigenvalue weighted by molar-refractivity contribution is -0.121. The molecule has 0 saturated carbocycles. The number of rotatable bonds is 6. The van der Waals surface area contributed by atoms with Gasteiger partial charge in [-0.1, -0.05) is 29.8 Å². The lowest BCUT2D eigenvalue weighted by Gasteiger charge is -2.10. The normalized spacial score (nSPS) is 18.5. The Morgan fingerprint density at radius 2 is 2.37 bits per heavy atom. The summed E-state index contributed by atoms with van der Waals surface area (Å²) in [5, 5.41) is 6.36. The molecule has 1 fully saturated rings. The lowest BCUT2D eigenvalue weighted by atomic mass is 10.1. The van der Waals surface area contributed by atoms with Gasteiger partial charge in [-0.3, -0.25) is 4.79 Å². The molecule has 3 nitrogen and oxygen atoms in total. The van der Waals surface area contributed by atoms with Crippen LogP contribution in [0.4, 0.5) is 0 Å². The van der Waals surface area contributed by atoms with Crippen molar-refractivity contribution in [3.63, 3.8) is 0 Å². The summed E-state index contributed by atoms with van der Waals surface area (Å²) in [7, 11) is 0. The summed E-state index contributed by atoms with van der Waals surface area (Å²) in [5.41, 5.74) is 2.61. The number of hydrogen-bond donors (Lipinski definition) is 2. The van der Waals surface area contributed by atoms with E-state index in [2.05, 4.69) is 41.8 Å². The minimum absolute atomic E-state index is 0.194. The summed E-state index contributed by atoms with van der Waals surface area (Å²) in [5.74, 6) is 0.820. The van der Waals surface area contributed by atoms with Gasteiger partial charge in [0.2, 0.25) is 5.91 Å². The van der Waals surface area contributed by atoms with Crippen molar-refractivity contribution < 1.29 is 4.79 Å². The van der Waals surface area contributed by atoms with E-state index in [1.165, 1.54) is 17.5 Å². The number of amides is 1. The molecular weight excluding hydrogens is 236 g/mol. The van der Waals surface area contributed by atoms with Crippen LogP contribution in [0.15, 0.2) is 24.3 Å². The van der Waals surface area contributed by atoms with Gasteiger partial charge in [0.1, 0.15) is 0 Å². The van der Waals surface area contributed by atoms with Gasteiger partial charge < -0.3 is 10.6 Å². The Bertz CT molecular complexity index is 411. The van der Waals surface area contributed by atoms with Crippen LogP contribution in [0.1, 0.15) is 30.4 Å². The van der Waals surface area contributed by atoms with Gasteiger partial charge in [0.25, 0.3) is 0 Å². The van der Waals surface area contributed by atoms with E-state index in [9.17, 15) is 4.79 Å². The van der Waals surface area contributed by atoms with Crippen LogP contribution in [0.5, 0.6) is 0 Å². The number of nitrogens with one attached hydrogen (secondary N) is 2. The van der Waals surface area contributed by atoms with Gasteiger partial charge in [-0.2, -0.15) is 0 Å². The molecule has 0 spiro atoms. The van der Waals surface area contributed by atoms with Crippen LogP contribution in [0, 0.1) is 12.8 Å². The summed E-state index contributed by atoms with van der Waals surface area (Å²) in [6.45, 7) is 5.07. The third kappa shape index (κ3) is 5.03. The second-order valence-electron chi connectivity index (χ2n) is 5.51. The van der Waals surface area contributed by atoms with E-state index < -0.39 is 0 Å². The van der Waals surface area contributed by atoms with Crippen molar-refractivity contribution in [2.24, 2.45) is 5.92 Å². The van der Waals surface area contributed by atoms with Crippen LogP contribution in [-0.4, -0.2) is 25.5 Å². The quantitative estimate of drug-likeness (QED) is 0.822. The Morgan fingerprint density at radius 3 is 3.11 bits per heavy atom. The predicted molar refractivity (Wildman–Crippen MR) is 78.1 cm³/mol. The van der Waals surface area contributed by atoms with E-state index in [0.717, 1.165) is 32.5 Å². The van der Waals surface area contributed by atoms with Crippen molar-refractivity contribution in [1.29, 1.82) is 0 Å². The van der Waals surface area contributed by atoms with Crippen LogP contribution < -0.4 is 10.6 Å². The molecule has 1 amide bonds. The van der Waals surface area contributed by atoms with Gasteiger partial charge in [-0.05, 0) is 50.8 Å². The van der Waals surface area contributed by atoms with Gasteiger partial charge >= 0.3 is 0 Å². The lowest BCUT2D eigenvalue weighted by Crippen LogP contribution is -2.30. The Labute approximate surface area is 115 Å². The molecule has 2 rings (SSSR count). The smallest absolute Gasteiger partial charge is 0.220 e. The average molecular weight is 260 g/mol. The van der Waals surface area contributed by atoms with Gasteiger partial charge in [-0.15, -0.1) is 0 Å². The summed E-state index contributed by atoms with van der Waals surface area (Å²) < 4.78 is 0. The Morgan fingerprint density at radius 1 is 1.47 bits per heavy atom. The Kier molecular flexibility index (Phi) is 5.40. The second-order valence-corrected chi connectivity index (χ2v) is 5.51. The van der Waals surface area contributed by atoms with Gasteiger partial charge in [0.05, 0.1) is 0 Å². The maximum absolute atomic E-state index is 11.7. The molecule has 1 aliphatic heterocycles. The summed E-state index contributed by atoms with van der Waals surface area (Å²) in [4.78, 5) is 11.7. The maximum atomic E-state index is 11.7. The first-order chi connectivity index (χ1) is 9.24. The van der Waals surface area contributed by atoms with E-state index in [0.29, 0.717) is 12.3 Å². The van der Waals surface area contributed by atoms with Gasteiger partial charge in [0.15, 0.2) is 0 Å². The van der Waals surface area contributed by atoms with Crippen molar-refractivity contribution in [2.45, 2.75) is 32.6 Å². The molecule has 1 unspecified atom stereocenters. The standard InChI is InChI=1S/C16H24N2O/c1-13-4-2-5-14(10-13)6-3-7-16(19)18-12-15-8-9-17-11-15/h2,4-5,10,15,17H,3,6-9,11-12H2,1H3,(H,18,19). The van der Waals surface area contributed by atoms with E-state index in [4.69, 9.17) is 0 Å². The molecule has 1 saturated heterocycles. The highest BCUT2D eigenvalue weighted by Gasteiger charge is 2.14. The van der Waals surface area contributed by atoms with E-state index in [-0.39, 0.29) is 5.91 Å². The van der Waals surface area contributed by atoms with E-state index >= 15 is 0 Å². The number of carbonyl (C=O) groups is 1. The minimum Gasteiger partial charge on any atom is -0.356 e. The van der Waals surface area contributed by atoms with Crippen molar-refractivity contribution >= 4 is 5.91 Å². The molecule has 1 aromatic carbocycles. The summed E-state index contributed by atoms with van der Waals surface area (Å²) >= 11 is 0. The molecule has 1 aromatic rings. The highest BCUT2D eigenvalue weighted by molar-refractivity contribution is 5.75. The SMILES string of the molecule is Cc1cccc(CCCC(=O)NCC2CCNC2)c1. The fourth-order valence-electron chi connectivity index (χ4n) is 2.56. The zero-order valence-corrected chi connectivity index (χ0v) is 11.7. The van der Waals surface area contributed by atoms with E-state index in [1.54, 1.807) is 0 Å². The fraction of sp³-hybridized carbons (Fsp3) is 0.562. The number of benzene rings is 1. The first-order valence-corrected chi connectivity index (χ1v) is 7.27. The first kappa shape index (κ1) is 14.1. The van der Waals surface area contributed by atoms with Crippen LogP contribution in [0.2, 0.25) is 0 Å². The summed E-state index contributed by atoms with van der Waals surface area (Å²) in [6.07, 6.45) is 3.73. The molecule has 3 heteroatoms. The highest BCUT2D eigenvalue weighted by atomic mass is 16.1. The van der Waals surface area contributed by atoms with Crippen LogP contribution >= 0.6 is 0 Å². The largest absolute Gasteiger partial charge is 0.356 e. The van der Waals surface area contributed by atoms with Crippen molar-refractivity contribution in [2.75, 3.05) is 19.6 Å². The monoisotopic (exact) mass is 260 g/mol. The van der Waals surface area contributed by atoms with Crippen LogP contribution in [0.3, 0.4) is 0 Å². The van der Waals surface area contributed by atoms with Crippen molar-refractivity contribution in [1.82, 2.24) is 10.6 Å². The van der Waals surface area contributed by atoms with Crippen molar-refractivity contribution in [3.05, 3.63) is 35.4 Å². The van der Waals surface area contributed by atoms with Crippen molar-refractivity contribution in [3.8, 4) is 0 Å². The minimum atomic E-state index is 0.194. The number of carbonyl (C=O) groups excluding carboxylic acids is 1. The zero-order chi connectivity index (χ0) is 13.5. The fourth-order valence-corrected chi connectivity index (χ4v) is 2.56. The highest BCUT2D eigenvalue weighted by Crippen LogP contribution is 2.08. The maximum Gasteiger partial charge on any atom is 0.220 e. The molecule has 1 heterocycles. The first-order valence-electron chi connectivity index (χ1n) is 7.27. The number of hydrogen-bond acceptors (Lipinski definition) is 2. The molecule has 104 valence electrons. The van der Waals surface area contributed by atoms with Crippen LogP contribution in [0.25, 0.3) is 0 Å². The molecule has 19 heavy (non-hydrogen) atoms. The average Bonchev–Trinajstić information content (AvgIpc) is 2.89. The molecule has 1 atom stereocenters. The Hall–Kier alpha value is -1.35. The van der Waals surface area contributed by atoms with Gasteiger partial charge in [-0.25, -0.2) is 0 Å². The number of aryl methyl sites for hydroxylation is 2.